The van der Waals surface area contributed by atoms with Gasteiger partial charge in [0, 0.05) is 5.57 Å². The second-order valence-corrected chi connectivity index (χ2v) is 4.06. The third kappa shape index (κ3) is 1.04. The summed E-state index contributed by atoms with van der Waals surface area (Å²) in [6, 6.07) is 7.86. The number of carbonyl (C=O) groups is 1. The molecule has 2 aliphatic rings. The average molecular weight is 210 g/mol. The minimum absolute atomic E-state index is 0.136. The van der Waals surface area contributed by atoms with Gasteiger partial charge in [-0.05, 0) is 41.3 Å². The van der Waals surface area contributed by atoms with E-state index in [0.29, 0.717) is 11.1 Å². The van der Waals surface area contributed by atoms with Gasteiger partial charge in [-0.25, -0.2) is 0 Å². The molecule has 0 bridgehead atoms. The van der Waals surface area contributed by atoms with Crippen molar-refractivity contribution in [2.24, 2.45) is 0 Å². The highest BCUT2D eigenvalue weighted by Crippen LogP contribution is 2.40. The van der Waals surface area contributed by atoms with Crippen molar-refractivity contribution in [3.05, 3.63) is 58.4 Å². The summed E-state index contributed by atoms with van der Waals surface area (Å²) in [5.41, 5.74) is 4.27. The van der Waals surface area contributed by atoms with Crippen LogP contribution in [0.5, 0.6) is 0 Å². The van der Waals surface area contributed by atoms with Crippen molar-refractivity contribution in [2.75, 3.05) is 0 Å². The molecule has 2 heteroatoms. The van der Waals surface area contributed by atoms with Gasteiger partial charge < -0.3 is 5.11 Å². The van der Waals surface area contributed by atoms with E-state index < -0.39 is 0 Å². The van der Waals surface area contributed by atoms with Crippen molar-refractivity contribution >= 4 is 17.4 Å². The number of hydrogen-bond donors (Lipinski definition) is 1. The second-order valence-electron chi connectivity index (χ2n) is 4.06. The van der Waals surface area contributed by atoms with Crippen molar-refractivity contribution in [1.29, 1.82) is 0 Å². The number of benzene rings is 1. The summed E-state index contributed by atoms with van der Waals surface area (Å²) in [5.74, 6) is -0.408. The van der Waals surface area contributed by atoms with E-state index in [1.165, 1.54) is 0 Å². The topological polar surface area (TPSA) is 37.3 Å². The van der Waals surface area contributed by atoms with Gasteiger partial charge in [-0.2, -0.15) is 0 Å². The van der Waals surface area contributed by atoms with Gasteiger partial charge in [0.2, 0.25) is 5.78 Å². The van der Waals surface area contributed by atoms with Crippen LogP contribution in [0, 0.1) is 0 Å². The highest BCUT2D eigenvalue weighted by Gasteiger charge is 2.29. The average Bonchev–Trinajstić information content (AvgIpc) is 2.65. The molecule has 1 aromatic carbocycles. The van der Waals surface area contributed by atoms with Crippen LogP contribution in [0.2, 0.25) is 0 Å². The van der Waals surface area contributed by atoms with Gasteiger partial charge in [0.05, 0.1) is 0 Å². The van der Waals surface area contributed by atoms with Gasteiger partial charge in [-0.1, -0.05) is 24.3 Å². The van der Waals surface area contributed by atoms with Crippen LogP contribution < -0.4 is 0 Å². The van der Waals surface area contributed by atoms with Gasteiger partial charge in [0.15, 0.2) is 5.76 Å². The van der Waals surface area contributed by atoms with E-state index in [1.54, 1.807) is 6.92 Å². The Morgan fingerprint density at radius 3 is 2.62 bits per heavy atom. The first-order valence-electron chi connectivity index (χ1n) is 5.16. The summed E-state index contributed by atoms with van der Waals surface area (Å²) >= 11 is 0. The highest BCUT2D eigenvalue weighted by atomic mass is 16.3. The minimum atomic E-state index is -0.272. The molecule has 16 heavy (non-hydrogen) atoms. The van der Waals surface area contributed by atoms with Crippen molar-refractivity contribution in [3.8, 4) is 0 Å². The molecule has 1 N–H and O–H groups in total. The number of aliphatic hydroxyl groups is 1. The first-order valence-corrected chi connectivity index (χ1v) is 5.16. The van der Waals surface area contributed by atoms with Crippen LogP contribution in [0.3, 0.4) is 0 Å². The zero-order valence-corrected chi connectivity index (χ0v) is 8.82. The molecule has 2 aliphatic carbocycles. The molecule has 78 valence electrons. The Balaban J connectivity index is 2.28. The Labute approximate surface area is 93.2 Å². The molecule has 0 saturated heterocycles. The van der Waals surface area contributed by atoms with Crippen LogP contribution in [-0.4, -0.2) is 10.9 Å². The number of aliphatic hydroxyl groups excluding tert-OH is 1. The summed E-state index contributed by atoms with van der Waals surface area (Å²) in [6.45, 7) is 1.75. The third-order valence-electron chi connectivity index (χ3n) is 3.04. The molecule has 0 fully saturated rings. The number of fused-ring (bicyclic) bond motifs is 3. The summed E-state index contributed by atoms with van der Waals surface area (Å²) in [6.07, 6.45) is 3.71. The summed E-state index contributed by atoms with van der Waals surface area (Å²) in [5, 5.41) is 9.62. The molecule has 0 amide bonds. The summed E-state index contributed by atoms with van der Waals surface area (Å²) in [4.78, 5) is 11.9. The van der Waals surface area contributed by atoms with Crippen LogP contribution in [0.15, 0.2) is 47.2 Å². The summed E-state index contributed by atoms with van der Waals surface area (Å²) < 4.78 is 0. The number of rotatable bonds is 0. The van der Waals surface area contributed by atoms with Crippen LogP contribution in [0.1, 0.15) is 18.1 Å². The van der Waals surface area contributed by atoms with Crippen molar-refractivity contribution in [1.82, 2.24) is 0 Å². The normalized spacial score (nSPS) is 17.9. The van der Waals surface area contributed by atoms with Gasteiger partial charge >= 0.3 is 0 Å². The van der Waals surface area contributed by atoms with Gasteiger partial charge in [0.1, 0.15) is 0 Å². The fourth-order valence-corrected chi connectivity index (χ4v) is 2.18. The van der Waals surface area contributed by atoms with Crippen LogP contribution >= 0.6 is 0 Å². The predicted molar refractivity (Wildman–Crippen MR) is 62.7 cm³/mol. The lowest BCUT2D eigenvalue weighted by atomic mass is 9.92. The number of ketones is 1. The molecular formula is C14H10O2. The van der Waals surface area contributed by atoms with Crippen LogP contribution in [0.4, 0.5) is 0 Å². The minimum Gasteiger partial charge on any atom is -0.504 e. The molecule has 0 unspecified atom stereocenters. The maximum Gasteiger partial charge on any atom is 0.228 e. The molecule has 0 aromatic heterocycles. The van der Waals surface area contributed by atoms with Crippen LogP contribution in [-0.2, 0) is 4.79 Å². The van der Waals surface area contributed by atoms with E-state index in [0.717, 1.165) is 16.7 Å². The maximum absolute atomic E-state index is 11.9. The zero-order valence-electron chi connectivity index (χ0n) is 8.82. The van der Waals surface area contributed by atoms with E-state index in [1.807, 2.05) is 36.4 Å². The molecule has 0 saturated carbocycles. The predicted octanol–water partition coefficient (Wildman–Crippen LogP) is 2.88. The molecule has 0 aliphatic heterocycles. The SMILES string of the molecule is CC1=C(O)C(=O)C2=Cc3ccccc3C2=C1. The monoisotopic (exact) mass is 210 g/mol. The Kier molecular flexibility index (Phi) is 1.69. The maximum atomic E-state index is 11.9. The lowest BCUT2D eigenvalue weighted by Gasteiger charge is -2.13. The van der Waals surface area contributed by atoms with E-state index >= 15 is 0 Å². The van der Waals surface area contributed by atoms with Crippen molar-refractivity contribution in [3.63, 3.8) is 0 Å². The summed E-state index contributed by atoms with van der Waals surface area (Å²) in [7, 11) is 0. The van der Waals surface area contributed by atoms with E-state index in [2.05, 4.69) is 0 Å². The molecule has 2 nitrogen and oxygen atoms in total. The molecule has 0 atom stereocenters. The fraction of sp³-hybridized carbons (Fsp3) is 0.0714. The zero-order chi connectivity index (χ0) is 11.3. The first-order chi connectivity index (χ1) is 7.68. The van der Waals surface area contributed by atoms with E-state index in [4.69, 9.17) is 0 Å². The van der Waals surface area contributed by atoms with Crippen LogP contribution in [0.25, 0.3) is 11.6 Å². The fourth-order valence-electron chi connectivity index (χ4n) is 2.18. The standard InChI is InChI=1S/C14H10O2/c1-8-6-11-10-5-3-2-4-9(10)7-12(11)14(16)13(8)15/h2-7,15H,1H3. The Morgan fingerprint density at radius 1 is 1.06 bits per heavy atom. The number of allylic oxidation sites excluding steroid dienone is 4. The van der Waals surface area contributed by atoms with E-state index in [-0.39, 0.29) is 11.5 Å². The lowest BCUT2D eigenvalue weighted by Crippen LogP contribution is -2.11. The van der Waals surface area contributed by atoms with Gasteiger partial charge in [0.25, 0.3) is 0 Å². The second kappa shape index (κ2) is 2.95. The van der Waals surface area contributed by atoms with Gasteiger partial charge in [-0.3, -0.25) is 4.79 Å². The molecule has 1 aromatic rings. The smallest absolute Gasteiger partial charge is 0.228 e. The number of Topliss-reactive ketones (excluding diaryl/α,β-unsaturated/α-hetero) is 1. The quantitative estimate of drug-likeness (QED) is 0.714. The first kappa shape index (κ1) is 9.16. The Hall–Kier alpha value is -2.09. The molecule has 3 rings (SSSR count). The number of carbonyl (C=O) groups excluding carboxylic acids is 1. The molecule has 0 heterocycles. The highest BCUT2D eigenvalue weighted by molar-refractivity contribution is 6.25. The third-order valence-corrected chi connectivity index (χ3v) is 3.04. The largest absolute Gasteiger partial charge is 0.504 e. The number of hydrogen-bond acceptors (Lipinski definition) is 2. The van der Waals surface area contributed by atoms with Gasteiger partial charge in [-0.15, -0.1) is 0 Å². The molecule has 0 spiro atoms. The van der Waals surface area contributed by atoms with Crippen molar-refractivity contribution < 1.29 is 9.90 Å². The molecular weight excluding hydrogens is 200 g/mol. The van der Waals surface area contributed by atoms with Crippen molar-refractivity contribution in [2.45, 2.75) is 6.92 Å². The van der Waals surface area contributed by atoms with E-state index in [9.17, 15) is 9.90 Å². The Morgan fingerprint density at radius 2 is 1.81 bits per heavy atom. The Bertz CT molecular complexity index is 601. The molecule has 0 radical (unpaired) electrons. The lowest BCUT2D eigenvalue weighted by molar-refractivity contribution is -0.114.